The van der Waals surface area contributed by atoms with E-state index in [2.05, 4.69) is 15.5 Å². The highest BCUT2D eigenvalue weighted by atomic mass is 32.2. The fraction of sp³-hybridized carbons (Fsp3) is 0.895. The molecular formula is C19H34N4O4S. The van der Waals surface area contributed by atoms with Gasteiger partial charge in [-0.3, -0.25) is 9.69 Å². The number of nitrogens with one attached hydrogen (secondary N) is 2. The maximum absolute atomic E-state index is 12.5. The average molecular weight is 415 g/mol. The Balaban J connectivity index is 1.23. The third kappa shape index (κ3) is 6.23. The van der Waals surface area contributed by atoms with Gasteiger partial charge in [0.25, 0.3) is 0 Å². The van der Waals surface area contributed by atoms with Crippen LogP contribution in [0.3, 0.4) is 0 Å². The molecule has 0 saturated carbocycles. The van der Waals surface area contributed by atoms with Crippen molar-refractivity contribution in [3.05, 3.63) is 0 Å². The molecule has 3 amide bonds. The van der Waals surface area contributed by atoms with E-state index in [0.29, 0.717) is 24.9 Å². The largest absolute Gasteiger partial charge is 0.394 e. The molecule has 0 radical (unpaired) electrons. The zero-order valence-electron chi connectivity index (χ0n) is 16.6. The fourth-order valence-electron chi connectivity index (χ4n) is 4.20. The van der Waals surface area contributed by atoms with Crippen molar-refractivity contribution in [1.82, 2.24) is 20.4 Å². The minimum absolute atomic E-state index is 0.0349. The van der Waals surface area contributed by atoms with E-state index in [1.54, 1.807) is 0 Å². The molecule has 3 atom stereocenters. The fourth-order valence-corrected chi connectivity index (χ4v) is 5.74. The summed E-state index contributed by atoms with van der Waals surface area (Å²) in [5.41, 5.74) is 0. The van der Waals surface area contributed by atoms with Crippen molar-refractivity contribution in [3.63, 3.8) is 0 Å². The van der Waals surface area contributed by atoms with Crippen LogP contribution in [0.2, 0.25) is 0 Å². The topological polar surface area (TPSA) is 94.1 Å². The van der Waals surface area contributed by atoms with E-state index in [-0.39, 0.29) is 30.6 Å². The van der Waals surface area contributed by atoms with Crippen molar-refractivity contribution in [2.24, 2.45) is 0 Å². The second-order valence-electron chi connectivity index (χ2n) is 7.78. The number of carbonyl (C=O) groups is 2. The van der Waals surface area contributed by atoms with E-state index in [9.17, 15) is 9.59 Å². The van der Waals surface area contributed by atoms with Crippen LogP contribution in [0, 0.1) is 0 Å². The zero-order valence-corrected chi connectivity index (χ0v) is 17.4. The van der Waals surface area contributed by atoms with E-state index < -0.39 is 0 Å². The number of aliphatic hydroxyl groups is 1. The minimum atomic E-state index is -0.0349. The second-order valence-corrected chi connectivity index (χ2v) is 9.05. The van der Waals surface area contributed by atoms with Crippen molar-refractivity contribution in [2.75, 3.05) is 58.3 Å². The molecule has 0 aliphatic carbocycles. The summed E-state index contributed by atoms with van der Waals surface area (Å²) < 4.78 is 5.29. The monoisotopic (exact) mass is 414 g/mol. The number of unbranched alkanes of at least 4 members (excludes halogenated alkanes) is 1. The Hall–Kier alpha value is -1.03. The minimum Gasteiger partial charge on any atom is -0.394 e. The van der Waals surface area contributed by atoms with Gasteiger partial charge in [0.1, 0.15) is 0 Å². The summed E-state index contributed by atoms with van der Waals surface area (Å²) in [6, 6.07) is 0.504. The van der Waals surface area contributed by atoms with Gasteiger partial charge in [-0.2, -0.15) is 11.8 Å². The third-order valence-corrected chi connectivity index (χ3v) is 7.30. The molecule has 0 spiro atoms. The van der Waals surface area contributed by atoms with Gasteiger partial charge in [0.05, 0.1) is 25.3 Å². The van der Waals surface area contributed by atoms with Crippen LogP contribution in [-0.4, -0.2) is 102 Å². The number of urea groups is 1. The molecule has 3 aliphatic heterocycles. The van der Waals surface area contributed by atoms with Gasteiger partial charge < -0.3 is 25.4 Å². The molecule has 3 N–H and O–H groups in total. The number of hydrogen-bond acceptors (Lipinski definition) is 6. The predicted molar refractivity (Wildman–Crippen MR) is 109 cm³/mol. The molecule has 28 heavy (non-hydrogen) atoms. The lowest BCUT2D eigenvalue weighted by Crippen LogP contribution is -2.48. The number of amides is 3. The lowest BCUT2D eigenvalue weighted by molar-refractivity contribution is -0.133. The van der Waals surface area contributed by atoms with Crippen molar-refractivity contribution in [1.29, 1.82) is 0 Å². The van der Waals surface area contributed by atoms with E-state index in [4.69, 9.17) is 9.84 Å². The Morgan fingerprint density at radius 3 is 2.75 bits per heavy atom. The first kappa shape index (κ1) is 21.7. The Bertz CT molecular complexity index is 516. The molecule has 3 aliphatic rings. The molecule has 3 heterocycles. The Morgan fingerprint density at radius 1 is 1.14 bits per heavy atom. The molecule has 3 saturated heterocycles. The molecule has 0 unspecified atom stereocenters. The van der Waals surface area contributed by atoms with Crippen LogP contribution in [-0.2, 0) is 9.53 Å². The maximum Gasteiger partial charge on any atom is 0.315 e. The van der Waals surface area contributed by atoms with Crippen LogP contribution in [0.25, 0.3) is 0 Å². The highest BCUT2D eigenvalue weighted by Gasteiger charge is 2.42. The number of ether oxygens (including phenoxy) is 1. The van der Waals surface area contributed by atoms with Crippen LogP contribution in [0.5, 0.6) is 0 Å². The zero-order chi connectivity index (χ0) is 19.8. The van der Waals surface area contributed by atoms with E-state index in [1.165, 1.54) is 0 Å². The summed E-state index contributed by atoms with van der Waals surface area (Å²) in [6.07, 6.45) is 4.62. The molecule has 0 aromatic rings. The summed E-state index contributed by atoms with van der Waals surface area (Å²) >= 11 is 1.93. The highest BCUT2D eigenvalue weighted by molar-refractivity contribution is 8.00. The first-order valence-electron chi connectivity index (χ1n) is 10.5. The molecule has 160 valence electrons. The number of rotatable bonds is 11. The molecule has 0 aromatic heterocycles. The molecule has 8 nitrogen and oxygen atoms in total. The van der Waals surface area contributed by atoms with Crippen molar-refractivity contribution in [2.45, 2.75) is 49.4 Å². The van der Waals surface area contributed by atoms with Gasteiger partial charge in [0, 0.05) is 56.8 Å². The molecule has 0 aromatic carbocycles. The van der Waals surface area contributed by atoms with Crippen molar-refractivity contribution >= 4 is 23.7 Å². The summed E-state index contributed by atoms with van der Waals surface area (Å²) in [7, 11) is 0. The van der Waals surface area contributed by atoms with Crippen LogP contribution >= 0.6 is 11.8 Å². The van der Waals surface area contributed by atoms with Crippen molar-refractivity contribution in [3.8, 4) is 0 Å². The average Bonchev–Trinajstić information content (AvgIpc) is 3.25. The van der Waals surface area contributed by atoms with E-state index >= 15 is 0 Å². The first-order chi connectivity index (χ1) is 13.7. The number of piperazine rings is 1. The Morgan fingerprint density at radius 2 is 1.96 bits per heavy atom. The summed E-state index contributed by atoms with van der Waals surface area (Å²) in [5.74, 6) is 1.27. The Labute approximate surface area is 171 Å². The number of aliphatic hydroxyl groups excluding tert-OH is 1. The highest BCUT2D eigenvalue weighted by Crippen LogP contribution is 2.33. The first-order valence-corrected chi connectivity index (χ1v) is 11.6. The number of nitrogens with zero attached hydrogens (tertiary/aromatic N) is 2. The second kappa shape index (κ2) is 11.2. The lowest BCUT2D eigenvalue weighted by atomic mass is 10.0. The van der Waals surface area contributed by atoms with Crippen molar-refractivity contribution < 1.29 is 19.4 Å². The predicted octanol–water partition coefficient (Wildman–Crippen LogP) is 0.255. The quantitative estimate of drug-likeness (QED) is 0.332. The Kier molecular flexibility index (Phi) is 8.69. The molecular weight excluding hydrogens is 380 g/mol. The number of carbonyl (C=O) groups excluding carboxylic acids is 2. The van der Waals surface area contributed by atoms with Crippen LogP contribution in [0.4, 0.5) is 4.79 Å². The van der Waals surface area contributed by atoms with Gasteiger partial charge in [0.2, 0.25) is 5.91 Å². The molecule has 9 heteroatoms. The van der Waals surface area contributed by atoms with Crippen LogP contribution in [0.15, 0.2) is 0 Å². The smallest absolute Gasteiger partial charge is 0.315 e. The standard InChI is InChI=1S/C19H34N4O4S/c24-11-13-27-12-3-6-22-7-9-23(10-8-22)17(25)5-2-1-4-16-18-15(14-28-16)20-19(26)21-18/h15-16,18,24H,1-14H2,(H2,20,21,26)/t15-,16-,18-/m0/s1. The van der Waals surface area contributed by atoms with Gasteiger partial charge in [-0.05, 0) is 19.3 Å². The molecule has 0 bridgehead atoms. The van der Waals surface area contributed by atoms with E-state index in [0.717, 1.165) is 64.2 Å². The molecule has 3 rings (SSSR count). The SMILES string of the molecule is O=C1N[C@H]2[C@H](CS[C@H]2CCCCC(=O)N2CCN(CCCOCCO)CC2)N1. The van der Waals surface area contributed by atoms with Crippen LogP contribution in [0.1, 0.15) is 32.1 Å². The van der Waals surface area contributed by atoms with Crippen LogP contribution < -0.4 is 10.6 Å². The maximum atomic E-state index is 12.5. The van der Waals surface area contributed by atoms with Gasteiger partial charge >= 0.3 is 6.03 Å². The summed E-state index contributed by atoms with van der Waals surface area (Å²) in [6.45, 7) is 5.65. The number of hydrogen-bond donors (Lipinski definition) is 3. The van der Waals surface area contributed by atoms with E-state index in [1.807, 2.05) is 16.7 Å². The normalized spacial score (nSPS) is 27.5. The summed E-state index contributed by atoms with van der Waals surface area (Å²) in [4.78, 5) is 28.2. The van der Waals surface area contributed by atoms with Gasteiger partial charge in [-0.1, -0.05) is 6.42 Å². The van der Waals surface area contributed by atoms with Gasteiger partial charge in [-0.15, -0.1) is 0 Å². The molecule has 3 fully saturated rings. The summed E-state index contributed by atoms with van der Waals surface area (Å²) in [5, 5.41) is 15.2. The third-order valence-electron chi connectivity index (χ3n) is 5.79. The van der Waals surface area contributed by atoms with Gasteiger partial charge in [-0.25, -0.2) is 4.79 Å². The number of fused-ring (bicyclic) bond motifs is 1. The number of thioether (sulfide) groups is 1. The van der Waals surface area contributed by atoms with Gasteiger partial charge in [0.15, 0.2) is 0 Å². The lowest BCUT2D eigenvalue weighted by Gasteiger charge is -2.34.